The van der Waals surface area contributed by atoms with Crippen LogP contribution in [0, 0.1) is 33.8 Å². The lowest BCUT2D eigenvalue weighted by Crippen LogP contribution is -2.13. The summed E-state index contributed by atoms with van der Waals surface area (Å²) in [5, 5.41) is 22.2. The molecule has 1 aromatic carbocycles. The van der Waals surface area contributed by atoms with Gasteiger partial charge in [0.25, 0.3) is 5.69 Å². The monoisotopic (exact) mass is 215 g/mol. The molecule has 0 heterocycles. The molecule has 0 aromatic heterocycles. The van der Waals surface area contributed by atoms with Crippen LogP contribution in [0.5, 0.6) is 0 Å². The van der Waals surface area contributed by atoms with Crippen LogP contribution in [-0.2, 0) is 0 Å². The lowest BCUT2D eigenvalue weighted by molar-refractivity contribution is -0.384. The van der Waals surface area contributed by atoms with E-state index in [2.05, 4.69) is 11.2 Å². The Morgan fingerprint density at radius 3 is 2.81 bits per heavy atom. The topological polar surface area (TPSA) is 79.0 Å². The largest absolute Gasteiger partial charge is 0.366 e. The number of nitrogens with zero attached hydrogens (tertiary/aromatic N) is 2. The molecule has 0 aliphatic carbocycles. The highest BCUT2D eigenvalue weighted by atomic mass is 16.6. The molecule has 16 heavy (non-hydrogen) atoms. The molecule has 1 rings (SSSR count). The smallest absolute Gasteiger partial charge is 0.293 e. The van der Waals surface area contributed by atoms with Crippen LogP contribution in [-0.4, -0.2) is 11.0 Å². The molecule has 5 nitrogen and oxygen atoms in total. The van der Waals surface area contributed by atoms with Gasteiger partial charge in [-0.1, -0.05) is 5.92 Å². The fraction of sp³-hybridized carbons (Fsp3) is 0.182. The van der Waals surface area contributed by atoms with E-state index in [-0.39, 0.29) is 17.3 Å². The zero-order valence-electron chi connectivity index (χ0n) is 8.60. The average molecular weight is 215 g/mol. The predicted octanol–water partition coefficient (Wildman–Crippen LogP) is 1.90. The maximum atomic E-state index is 10.8. The van der Waals surface area contributed by atoms with Gasteiger partial charge in [-0.2, -0.15) is 5.26 Å². The summed E-state index contributed by atoms with van der Waals surface area (Å²) in [6, 6.07) is 5.72. The molecule has 0 amide bonds. The van der Waals surface area contributed by atoms with Gasteiger partial charge in [-0.05, 0) is 19.1 Å². The normalized spacial score (nSPS) is 10.9. The maximum absolute atomic E-state index is 10.8. The zero-order valence-corrected chi connectivity index (χ0v) is 8.60. The number of hydrogen-bond donors (Lipinski definition) is 1. The van der Waals surface area contributed by atoms with E-state index in [9.17, 15) is 10.1 Å². The number of nitro groups is 1. The summed E-state index contributed by atoms with van der Waals surface area (Å²) in [5.74, 6) is 2.41. The van der Waals surface area contributed by atoms with Crippen molar-refractivity contribution in [3.63, 3.8) is 0 Å². The minimum absolute atomic E-state index is 0.152. The zero-order chi connectivity index (χ0) is 12.1. The van der Waals surface area contributed by atoms with Gasteiger partial charge in [0.15, 0.2) is 0 Å². The van der Waals surface area contributed by atoms with Gasteiger partial charge >= 0.3 is 0 Å². The van der Waals surface area contributed by atoms with Crippen molar-refractivity contribution in [3.05, 3.63) is 33.9 Å². The molecule has 0 saturated carbocycles. The number of benzene rings is 1. The predicted molar refractivity (Wildman–Crippen MR) is 59.7 cm³/mol. The number of nitriles is 1. The summed E-state index contributed by atoms with van der Waals surface area (Å²) in [7, 11) is 0. The fourth-order valence-electron chi connectivity index (χ4n) is 1.15. The Hall–Kier alpha value is -2.53. The molecule has 0 aliphatic rings. The Balaban J connectivity index is 3.15. The number of terminal acetylenes is 1. The first kappa shape index (κ1) is 11.5. The molecule has 0 aliphatic heterocycles. The van der Waals surface area contributed by atoms with Crippen molar-refractivity contribution in [1.82, 2.24) is 0 Å². The highest BCUT2D eigenvalue weighted by Gasteiger charge is 2.15. The van der Waals surface area contributed by atoms with Crippen LogP contribution in [0.2, 0.25) is 0 Å². The van der Waals surface area contributed by atoms with Gasteiger partial charge in [0.05, 0.1) is 22.6 Å². The molecule has 80 valence electrons. The third-order valence-electron chi connectivity index (χ3n) is 1.95. The molecular formula is C11H9N3O2. The number of nitro benzene ring substituents is 1. The molecule has 1 atom stereocenters. The van der Waals surface area contributed by atoms with Gasteiger partial charge in [0, 0.05) is 6.07 Å². The Morgan fingerprint density at radius 1 is 1.62 bits per heavy atom. The van der Waals surface area contributed by atoms with E-state index in [1.165, 1.54) is 18.2 Å². The minimum Gasteiger partial charge on any atom is -0.366 e. The Kier molecular flexibility index (Phi) is 3.47. The van der Waals surface area contributed by atoms with Crippen molar-refractivity contribution in [2.75, 3.05) is 5.32 Å². The van der Waals surface area contributed by atoms with Crippen molar-refractivity contribution in [1.29, 1.82) is 5.26 Å². The molecule has 1 aromatic rings. The van der Waals surface area contributed by atoms with E-state index in [0.29, 0.717) is 5.69 Å². The molecule has 0 saturated heterocycles. The quantitative estimate of drug-likeness (QED) is 0.474. The first-order valence-electron chi connectivity index (χ1n) is 4.49. The molecule has 0 bridgehead atoms. The molecule has 0 fully saturated rings. The van der Waals surface area contributed by atoms with E-state index in [1.807, 2.05) is 6.07 Å². The van der Waals surface area contributed by atoms with Crippen LogP contribution in [0.15, 0.2) is 18.2 Å². The maximum Gasteiger partial charge on any atom is 0.293 e. The lowest BCUT2D eigenvalue weighted by atomic mass is 10.1. The summed E-state index contributed by atoms with van der Waals surface area (Å²) in [5.41, 5.74) is 0.404. The van der Waals surface area contributed by atoms with E-state index in [0.717, 1.165) is 0 Å². The van der Waals surface area contributed by atoms with Gasteiger partial charge in [-0.25, -0.2) is 0 Å². The second-order valence-corrected chi connectivity index (χ2v) is 3.13. The van der Waals surface area contributed by atoms with Gasteiger partial charge in [-0.15, -0.1) is 6.42 Å². The van der Waals surface area contributed by atoms with Crippen LogP contribution < -0.4 is 5.32 Å². The third kappa shape index (κ3) is 2.49. The lowest BCUT2D eigenvalue weighted by Gasteiger charge is -2.09. The fourth-order valence-corrected chi connectivity index (χ4v) is 1.15. The van der Waals surface area contributed by atoms with E-state index in [1.54, 1.807) is 6.92 Å². The van der Waals surface area contributed by atoms with E-state index < -0.39 is 4.92 Å². The summed E-state index contributed by atoms with van der Waals surface area (Å²) in [6.07, 6.45) is 5.17. The summed E-state index contributed by atoms with van der Waals surface area (Å²) in [6.45, 7) is 1.71. The van der Waals surface area contributed by atoms with Gasteiger partial charge < -0.3 is 5.32 Å². The van der Waals surface area contributed by atoms with Crippen LogP contribution in [0.25, 0.3) is 0 Å². The second kappa shape index (κ2) is 4.81. The van der Waals surface area contributed by atoms with Crippen molar-refractivity contribution in [2.24, 2.45) is 0 Å². The first-order chi connectivity index (χ1) is 7.58. The number of anilines is 1. The summed E-state index contributed by atoms with van der Waals surface area (Å²) in [4.78, 5) is 10.2. The summed E-state index contributed by atoms with van der Waals surface area (Å²) < 4.78 is 0. The molecule has 1 unspecified atom stereocenters. The van der Waals surface area contributed by atoms with Gasteiger partial charge in [-0.3, -0.25) is 10.1 Å². The number of rotatable bonds is 3. The first-order valence-corrected chi connectivity index (χ1v) is 4.49. The van der Waals surface area contributed by atoms with Crippen LogP contribution in [0.1, 0.15) is 12.5 Å². The summed E-state index contributed by atoms with van der Waals surface area (Å²) >= 11 is 0. The highest BCUT2D eigenvalue weighted by Crippen LogP contribution is 2.25. The minimum atomic E-state index is -0.549. The van der Waals surface area contributed by atoms with Crippen LogP contribution in [0.4, 0.5) is 11.4 Å². The van der Waals surface area contributed by atoms with Crippen molar-refractivity contribution in [2.45, 2.75) is 13.0 Å². The standard InChI is InChI=1S/C11H9N3O2/c1-3-8(2)13-10-5-4-9(7-12)6-11(10)14(15)16/h1,4-6,8,13H,2H3. The van der Waals surface area contributed by atoms with E-state index >= 15 is 0 Å². The van der Waals surface area contributed by atoms with Gasteiger partial charge in [0.2, 0.25) is 0 Å². The Bertz CT molecular complexity index is 497. The molecule has 5 heteroatoms. The van der Waals surface area contributed by atoms with Crippen molar-refractivity contribution in [3.8, 4) is 18.4 Å². The third-order valence-corrected chi connectivity index (χ3v) is 1.95. The molecular weight excluding hydrogens is 206 g/mol. The number of nitrogens with one attached hydrogen (secondary N) is 1. The average Bonchev–Trinajstić information content (AvgIpc) is 2.29. The highest BCUT2D eigenvalue weighted by molar-refractivity contribution is 5.64. The second-order valence-electron chi connectivity index (χ2n) is 3.13. The SMILES string of the molecule is C#CC(C)Nc1ccc(C#N)cc1[N+](=O)[O-]. The van der Waals surface area contributed by atoms with E-state index in [4.69, 9.17) is 11.7 Å². The Labute approximate surface area is 92.9 Å². The van der Waals surface area contributed by atoms with Crippen LogP contribution >= 0.6 is 0 Å². The van der Waals surface area contributed by atoms with Crippen LogP contribution in [0.3, 0.4) is 0 Å². The van der Waals surface area contributed by atoms with Gasteiger partial charge in [0.1, 0.15) is 5.69 Å². The Morgan fingerprint density at radius 2 is 2.31 bits per heavy atom. The molecule has 0 radical (unpaired) electrons. The number of hydrogen-bond acceptors (Lipinski definition) is 4. The van der Waals surface area contributed by atoms with Crippen molar-refractivity contribution >= 4 is 11.4 Å². The molecule has 0 spiro atoms. The molecule has 1 N–H and O–H groups in total. The van der Waals surface area contributed by atoms with Crippen molar-refractivity contribution < 1.29 is 4.92 Å².